The standard InChI is InChI=1S/C18H18F3N6OP/c19-17-12(2-1-3-13(17)18(20,21)29)10-16(28)26-8-6-25(7-9-26)15-5-4-14-23-22-11-27(14)24-15/h1-5,11H,6-10,29H2. The number of nitrogens with zero attached hydrogens (tertiary/aromatic N) is 6. The molecule has 2 aromatic heterocycles. The van der Waals surface area contributed by atoms with Gasteiger partial charge in [-0.05, 0) is 23.8 Å². The third-order valence-electron chi connectivity index (χ3n) is 4.88. The fourth-order valence-corrected chi connectivity index (χ4v) is 3.54. The molecule has 0 radical (unpaired) electrons. The van der Waals surface area contributed by atoms with Crippen molar-refractivity contribution in [1.29, 1.82) is 0 Å². The van der Waals surface area contributed by atoms with E-state index in [0.717, 1.165) is 11.9 Å². The Bertz CT molecular complexity index is 1050. The van der Waals surface area contributed by atoms with Gasteiger partial charge in [-0.2, -0.15) is 13.3 Å². The number of carbonyl (C=O) groups is 1. The molecule has 1 amide bonds. The van der Waals surface area contributed by atoms with E-state index in [1.54, 1.807) is 9.42 Å². The molecule has 1 aliphatic heterocycles. The third kappa shape index (κ3) is 4.03. The van der Waals surface area contributed by atoms with Crippen molar-refractivity contribution in [1.82, 2.24) is 24.7 Å². The minimum absolute atomic E-state index is 0.0308. The van der Waals surface area contributed by atoms with Crippen LogP contribution in [0.25, 0.3) is 5.65 Å². The molecule has 3 aromatic rings. The van der Waals surface area contributed by atoms with Crippen LogP contribution in [0.4, 0.5) is 19.0 Å². The molecule has 4 rings (SSSR count). The van der Waals surface area contributed by atoms with Crippen LogP contribution in [0.3, 0.4) is 0 Å². The number of halogens is 3. The lowest BCUT2D eigenvalue weighted by Crippen LogP contribution is -2.49. The van der Waals surface area contributed by atoms with E-state index < -0.39 is 17.0 Å². The monoisotopic (exact) mass is 422 g/mol. The van der Waals surface area contributed by atoms with Crippen LogP contribution in [0.15, 0.2) is 36.7 Å². The fraction of sp³-hybridized carbons (Fsp3) is 0.333. The Morgan fingerprint density at radius 3 is 2.62 bits per heavy atom. The van der Waals surface area contributed by atoms with E-state index in [-0.39, 0.29) is 17.9 Å². The molecule has 0 aliphatic carbocycles. The number of amides is 1. The molecule has 29 heavy (non-hydrogen) atoms. The summed E-state index contributed by atoms with van der Waals surface area (Å²) in [6.45, 7) is 1.97. The zero-order chi connectivity index (χ0) is 20.6. The number of hydrogen-bond acceptors (Lipinski definition) is 5. The zero-order valence-electron chi connectivity index (χ0n) is 15.3. The van der Waals surface area contributed by atoms with Crippen LogP contribution >= 0.6 is 9.24 Å². The minimum Gasteiger partial charge on any atom is -0.352 e. The van der Waals surface area contributed by atoms with Gasteiger partial charge in [0.25, 0.3) is 5.66 Å². The molecule has 0 N–H and O–H groups in total. The average Bonchev–Trinajstić information content (AvgIpc) is 3.16. The highest BCUT2D eigenvalue weighted by molar-refractivity contribution is 7.17. The second kappa shape index (κ2) is 7.59. The molecule has 1 saturated heterocycles. The largest absolute Gasteiger partial charge is 0.352 e. The Hall–Kier alpha value is -2.74. The molecule has 1 fully saturated rings. The van der Waals surface area contributed by atoms with Gasteiger partial charge in [0.05, 0.1) is 12.0 Å². The number of benzene rings is 1. The normalized spacial score (nSPS) is 15.2. The van der Waals surface area contributed by atoms with Crippen molar-refractivity contribution in [3.05, 3.63) is 53.6 Å². The second-order valence-corrected chi connectivity index (χ2v) is 7.50. The number of carbonyl (C=O) groups excluding carboxylic acids is 1. The van der Waals surface area contributed by atoms with Crippen LogP contribution in [0.2, 0.25) is 0 Å². The molecule has 3 heterocycles. The van der Waals surface area contributed by atoms with Gasteiger partial charge in [-0.15, -0.1) is 15.3 Å². The highest BCUT2D eigenvalue weighted by atomic mass is 31.0. The lowest BCUT2D eigenvalue weighted by Gasteiger charge is -2.35. The first kappa shape index (κ1) is 19.6. The zero-order valence-corrected chi connectivity index (χ0v) is 16.5. The lowest BCUT2D eigenvalue weighted by atomic mass is 10.1. The van der Waals surface area contributed by atoms with E-state index >= 15 is 0 Å². The van der Waals surface area contributed by atoms with Crippen LogP contribution in [0.1, 0.15) is 11.1 Å². The summed E-state index contributed by atoms with van der Waals surface area (Å²) < 4.78 is 42.9. The molecule has 1 unspecified atom stereocenters. The van der Waals surface area contributed by atoms with Gasteiger partial charge < -0.3 is 9.80 Å². The Kier molecular flexibility index (Phi) is 5.12. The van der Waals surface area contributed by atoms with Gasteiger partial charge in [0.2, 0.25) is 5.91 Å². The molecule has 152 valence electrons. The molecular weight excluding hydrogens is 404 g/mol. The summed E-state index contributed by atoms with van der Waals surface area (Å²) in [6, 6.07) is 7.37. The topological polar surface area (TPSA) is 66.6 Å². The second-order valence-electron chi connectivity index (χ2n) is 6.77. The van der Waals surface area contributed by atoms with Crippen molar-refractivity contribution in [2.45, 2.75) is 12.1 Å². The van der Waals surface area contributed by atoms with Crippen molar-refractivity contribution in [3.8, 4) is 0 Å². The molecule has 1 aromatic carbocycles. The maximum absolute atomic E-state index is 14.4. The van der Waals surface area contributed by atoms with Crippen LogP contribution in [0.5, 0.6) is 0 Å². The van der Waals surface area contributed by atoms with Gasteiger partial charge >= 0.3 is 0 Å². The summed E-state index contributed by atoms with van der Waals surface area (Å²) in [6.07, 6.45) is 1.25. The predicted octanol–water partition coefficient (Wildman–Crippen LogP) is 2.08. The van der Waals surface area contributed by atoms with Crippen molar-refractivity contribution < 1.29 is 18.0 Å². The first-order chi connectivity index (χ1) is 13.8. The minimum atomic E-state index is -3.38. The Balaban J connectivity index is 1.40. The highest BCUT2D eigenvalue weighted by Crippen LogP contribution is 2.37. The summed E-state index contributed by atoms with van der Waals surface area (Å²) in [4.78, 5) is 16.2. The maximum Gasteiger partial charge on any atom is 0.286 e. The van der Waals surface area contributed by atoms with Gasteiger partial charge in [0.1, 0.15) is 18.0 Å². The van der Waals surface area contributed by atoms with Gasteiger partial charge in [0.15, 0.2) is 5.65 Å². The molecular formula is C18H18F3N6OP. The number of hydrogen-bond donors (Lipinski definition) is 0. The first-order valence-electron chi connectivity index (χ1n) is 8.97. The van der Waals surface area contributed by atoms with Crippen molar-refractivity contribution in [2.24, 2.45) is 0 Å². The number of fused-ring (bicyclic) bond motifs is 1. The number of alkyl halides is 2. The molecule has 0 spiro atoms. The van der Waals surface area contributed by atoms with E-state index in [0.29, 0.717) is 31.8 Å². The molecule has 1 atom stereocenters. The van der Waals surface area contributed by atoms with Crippen molar-refractivity contribution >= 4 is 26.6 Å². The van der Waals surface area contributed by atoms with Crippen LogP contribution < -0.4 is 4.90 Å². The third-order valence-corrected chi connectivity index (χ3v) is 5.19. The van der Waals surface area contributed by atoms with Gasteiger partial charge in [-0.1, -0.05) is 21.4 Å². The van der Waals surface area contributed by atoms with Crippen molar-refractivity contribution in [2.75, 3.05) is 31.1 Å². The Labute approximate surface area is 166 Å². The quantitative estimate of drug-likeness (QED) is 0.603. The summed E-state index contributed by atoms with van der Waals surface area (Å²) in [5.41, 5.74) is -3.50. The first-order valence-corrected chi connectivity index (χ1v) is 9.55. The summed E-state index contributed by atoms with van der Waals surface area (Å²) in [5.74, 6) is -0.591. The van der Waals surface area contributed by atoms with E-state index in [9.17, 15) is 18.0 Å². The Morgan fingerprint density at radius 1 is 1.14 bits per heavy atom. The summed E-state index contributed by atoms with van der Waals surface area (Å²) in [7, 11) is 1.32. The predicted molar refractivity (Wildman–Crippen MR) is 103 cm³/mol. The molecule has 0 saturated carbocycles. The van der Waals surface area contributed by atoms with Crippen LogP contribution in [-0.2, 0) is 16.9 Å². The van der Waals surface area contributed by atoms with Crippen LogP contribution in [-0.4, -0.2) is 56.8 Å². The lowest BCUT2D eigenvalue weighted by molar-refractivity contribution is -0.130. The van der Waals surface area contributed by atoms with E-state index in [1.165, 1.54) is 27.7 Å². The maximum atomic E-state index is 14.4. The number of rotatable bonds is 4. The van der Waals surface area contributed by atoms with E-state index in [1.807, 2.05) is 17.0 Å². The number of aromatic nitrogens is 4. The molecule has 1 aliphatic rings. The number of piperazine rings is 1. The van der Waals surface area contributed by atoms with Crippen molar-refractivity contribution in [3.63, 3.8) is 0 Å². The van der Waals surface area contributed by atoms with Gasteiger partial charge in [0, 0.05) is 26.2 Å². The van der Waals surface area contributed by atoms with Crippen LogP contribution in [0, 0.1) is 5.82 Å². The number of anilines is 1. The van der Waals surface area contributed by atoms with E-state index in [4.69, 9.17) is 0 Å². The molecule has 11 heteroatoms. The SMILES string of the molecule is O=C(Cc1cccc(C(F)(F)P)c1F)N1CCN(c2ccc3nncn3n2)CC1. The molecule has 7 nitrogen and oxygen atoms in total. The van der Waals surface area contributed by atoms with Gasteiger partial charge in [-0.3, -0.25) is 4.79 Å². The highest BCUT2D eigenvalue weighted by Gasteiger charge is 2.30. The average molecular weight is 422 g/mol. The van der Waals surface area contributed by atoms with E-state index in [2.05, 4.69) is 15.3 Å². The summed E-state index contributed by atoms with van der Waals surface area (Å²) >= 11 is 0. The summed E-state index contributed by atoms with van der Waals surface area (Å²) in [5, 5.41) is 12.1. The Morgan fingerprint density at radius 2 is 1.90 bits per heavy atom. The van der Waals surface area contributed by atoms with Gasteiger partial charge in [-0.25, -0.2) is 4.39 Å². The fourth-order valence-electron chi connectivity index (χ4n) is 3.32. The molecule has 0 bridgehead atoms. The smallest absolute Gasteiger partial charge is 0.286 e.